The van der Waals surface area contributed by atoms with Crippen LogP contribution in [0.3, 0.4) is 0 Å². The predicted molar refractivity (Wildman–Crippen MR) is 92.2 cm³/mol. The third-order valence-corrected chi connectivity index (χ3v) is 4.10. The molecular formula is C16H10Br2N2O2. The lowest BCUT2D eigenvalue weighted by Crippen LogP contribution is -2.13. The fourth-order valence-corrected chi connectivity index (χ4v) is 2.46. The average molecular weight is 422 g/mol. The monoisotopic (exact) mass is 420 g/mol. The van der Waals surface area contributed by atoms with Crippen LogP contribution in [-0.2, 0) is 4.79 Å². The Hall–Kier alpha value is -2.10. The van der Waals surface area contributed by atoms with E-state index in [1.165, 1.54) is 12.1 Å². The Morgan fingerprint density at radius 3 is 2.55 bits per heavy atom. The van der Waals surface area contributed by atoms with E-state index in [2.05, 4.69) is 37.2 Å². The van der Waals surface area contributed by atoms with Gasteiger partial charge in [0.25, 0.3) is 5.91 Å². The standard InChI is InChI=1S/C16H10Br2N2O2/c17-12-3-1-2-4-14(12)20-16(22)11(9-19)7-10-5-6-15(21)13(18)8-10/h1-8,21H,(H,20,22)/b11-7+. The third kappa shape index (κ3) is 3.97. The number of para-hydroxylation sites is 1. The SMILES string of the molecule is N#C/C(=C\c1ccc(O)c(Br)c1)C(=O)Nc1ccccc1Br. The first kappa shape index (κ1) is 16.3. The van der Waals surface area contributed by atoms with Crippen LogP contribution >= 0.6 is 31.9 Å². The molecule has 0 atom stereocenters. The number of rotatable bonds is 3. The van der Waals surface area contributed by atoms with E-state index < -0.39 is 5.91 Å². The van der Waals surface area contributed by atoms with Gasteiger partial charge in [-0.25, -0.2) is 0 Å². The number of phenolic OH excluding ortho intramolecular Hbond substituents is 1. The van der Waals surface area contributed by atoms with Crippen molar-refractivity contribution in [1.29, 1.82) is 5.26 Å². The highest BCUT2D eigenvalue weighted by Crippen LogP contribution is 2.26. The largest absolute Gasteiger partial charge is 0.507 e. The molecular weight excluding hydrogens is 412 g/mol. The number of hydrogen-bond acceptors (Lipinski definition) is 3. The lowest BCUT2D eigenvalue weighted by atomic mass is 10.1. The summed E-state index contributed by atoms with van der Waals surface area (Å²) >= 11 is 6.52. The number of phenols is 1. The Kier molecular flexibility index (Phi) is 5.36. The maximum absolute atomic E-state index is 12.2. The van der Waals surface area contributed by atoms with Crippen molar-refractivity contribution in [2.24, 2.45) is 0 Å². The van der Waals surface area contributed by atoms with Crippen molar-refractivity contribution in [3.05, 3.63) is 62.5 Å². The minimum atomic E-state index is -0.501. The van der Waals surface area contributed by atoms with Gasteiger partial charge in [-0.15, -0.1) is 0 Å². The van der Waals surface area contributed by atoms with Crippen LogP contribution in [-0.4, -0.2) is 11.0 Å². The molecule has 0 aliphatic carbocycles. The zero-order valence-corrected chi connectivity index (χ0v) is 14.3. The molecule has 0 heterocycles. The number of anilines is 1. The van der Waals surface area contributed by atoms with Crippen LogP contribution in [0.25, 0.3) is 6.08 Å². The summed E-state index contributed by atoms with van der Waals surface area (Å²) in [7, 11) is 0. The van der Waals surface area contributed by atoms with Gasteiger partial charge in [0.2, 0.25) is 0 Å². The molecule has 0 aromatic heterocycles. The quantitative estimate of drug-likeness (QED) is 0.567. The van der Waals surface area contributed by atoms with Crippen LogP contribution in [0.4, 0.5) is 5.69 Å². The number of nitrogens with one attached hydrogen (secondary N) is 1. The minimum absolute atomic E-state index is 0.0339. The van der Waals surface area contributed by atoms with E-state index in [1.807, 2.05) is 12.1 Å². The second-order valence-corrected chi connectivity index (χ2v) is 6.02. The minimum Gasteiger partial charge on any atom is -0.507 e. The van der Waals surface area contributed by atoms with Crippen molar-refractivity contribution < 1.29 is 9.90 Å². The van der Waals surface area contributed by atoms with E-state index in [4.69, 9.17) is 0 Å². The molecule has 0 fully saturated rings. The smallest absolute Gasteiger partial charge is 0.266 e. The molecule has 0 aliphatic heterocycles. The van der Waals surface area contributed by atoms with Crippen molar-refractivity contribution in [3.63, 3.8) is 0 Å². The maximum atomic E-state index is 12.2. The molecule has 0 aliphatic rings. The van der Waals surface area contributed by atoms with Gasteiger partial charge in [0.15, 0.2) is 0 Å². The van der Waals surface area contributed by atoms with Gasteiger partial charge in [-0.3, -0.25) is 4.79 Å². The van der Waals surface area contributed by atoms with E-state index in [9.17, 15) is 15.2 Å². The zero-order chi connectivity index (χ0) is 16.1. The molecule has 0 saturated carbocycles. The number of halogens is 2. The molecule has 110 valence electrons. The number of nitriles is 1. The highest BCUT2D eigenvalue weighted by Gasteiger charge is 2.11. The van der Waals surface area contributed by atoms with Gasteiger partial charge in [-0.05, 0) is 67.8 Å². The summed E-state index contributed by atoms with van der Waals surface area (Å²) in [6.45, 7) is 0. The van der Waals surface area contributed by atoms with Crippen LogP contribution in [0.15, 0.2) is 57.0 Å². The first-order valence-corrected chi connectivity index (χ1v) is 7.76. The molecule has 22 heavy (non-hydrogen) atoms. The Balaban J connectivity index is 2.26. The Labute approximate surface area is 144 Å². The van der Waals surface area contributed by atoms with E-state index in [-0.39, 0.29) is 11.3 Å². The van der Waals surface area contributed by atoms with Gasteiger partial charge >= 0.3 is 0 Å². The maximum Gasteiger partial charge on any atom is 0.266 e. The Morgan fingerprint density at radius 2 is 1.91 bits per heavy atom. The average Bonchev–Trinajstić information content (AvgIpc) is 2.50. The molecule has 2 rings (SSSR count). The predicted octanol–water partition coefficient (Wildman–Crippen LogP) is 4.46. The van der Waals surface area contributed by atoms with E-state index >= 15 is 0 Å². The topological polar surface area (TPSA) is 73.1 Å². The number of benzene rings is 2. The number of amides is 1. The number of carbonyl (C=O) groups excluding carboxylic acids is 1. The molecule has 0 radical (unpaired) electrons. The normalized spacial score (nSPS) is 10.9. The molecule has 0 bridgehead atoms. The summed E-state index contributed by atoms with van der Waals surface area (Å²) in [5.41, 5.74) is 1.18. The van der Waals surface area contributed by atoms with Gasteiger partial charge in [0.05, 0.1) is 10.2 Å². The van der Waals surface area contributed by atoms with Crippen molar-refractivity contribution >= 4 is 49.5 Å². The summed E-state index contributed by atoms with van der Waals surface area (Å²) < 4.78 is 1.22. The second kappa shape index (κ2) is 7.25. The number of aromatic hydroxyl groups is 1. The Bertz CT molecular complexity index is 795. The number of nitrogens with zero attached hydrogens (tertiary/aromatic N) is 1. The number of hydrogen-bond donors (Lipinski definition) is 2. The summed E-state index contributed by atoms with van der Waals surface area (Å²) in [6.07, 6.45) is 1.45. The lowest BCUT2D eigenvalue weighted by Gasteiger charge is -2.06. The van der Waals surface area contributed by atoms with E-state index in [0.717, 1.165) is 4.47 Å². The summed E-state index contributed by atoms with van der Waals surface area (Å²) in [4.78, 5) is 12.2. The fourth-order valence-electron chi connectivity index (χ4n) is 1.68. The molecule has 6 heteroatoms. The number of carbonyl (C=O) groups is 1. The van der Waals surface area contributed by atoms with Crippen molar-refractivity contribution in [3.8, 4) is 11.8 Å². The van der Waals surface area contributed by atoms with E-state index in [0.29, 0.717) is 15.7 Å². The lowest BCUT2D eigenvalue weighted by molar-refractivity contribution is -0.112. The van der Waals surface area contributed by atoms with Crippen molar-refractivity contribution in [1.82, 2.24) is 0 Å². The summed E-state index contributed by atoms with van der Waals surface area (Å²) in [6, 6.07) is 13.7. The van der Waals surface area contributed by atoms with Crippen LogP contribution in [0.2, 0.25) is 0 Å². The van der Waals surface area contributed by atoms with E-state index in [1.54, 1.807) is 30.3 Å². The molecule has 4 nitrogen and oxygen atoms in total. The summed E-state index contributed by atoms with van der Waals surface area (Å²) in [5, 5.41) is 21.3. The van der Waals surface area contributed by atoms with Gasteiger partial charge in [0.1, 0.15) is 17.4 Å². The molecule has 2 aromatic rings. The van der Waals surface area contributed by atoms with Crippen LogP contribution in [0, 0.1) is 11.3 Å². The second-order valence-electron chi connectivity index (χ2n) is 4.31. The molecule has 0 saturated heterocycles. The molecule has 2 aromatic carbocycles. The van der Waals surface area contributed by atoms with Gasteiger partial charge in [0, 0.05) is 4.47 Å². The van der Waals surface area contributed by atoms with Gasteiger partial charge in [-0.2, -0.15) is 5.26 Å². The first-order valence-electron chi connectivity index (χ1n) is 6.17. The van der Waals surface area contributed by atoms with Crippen LogP contribution in [0.1, 0.15) is 5.56 Å². The molecule has 0 spiro atoms. The van der Waals surface area contributed by atoms with Crippen molar-refractivity contribution in [2.75, 3.05) is 5.32 Å². The molecule has 1 amide bonds. The molecule has 0 unspecified atom stereocenters. The van der Waals surface area contributed by atoms with Gasteiger partial charge < -0.3 is 10.4 Å². The molecule has 2 N–H and O–H groups in total. The Morgan fingerprint density at radius 1 is 1.18 bits per heavy atom. The highest BCUT2D eigenvalue weighted by atomic mass is 79.9. The third-order valence-electron chi connectivity index (χ3n) is 2.77. The first-order chi connectivity index (χ1) is 10.5. The van der Waals surface area contributed by atoms with Crippen LogP contribution in [0.5, 0.6) is 5.75 Å². The van der Waals surface area contributed by atoms with Crippen LogP contribution < -0.4 is 5.32 Å². The van der Waals surface area contributed by atoms with Crippen molar-refractivity contribution in [2.45, 2.75) is 0 Å². The zero-order valence-electron chi connectivity index (χ0n) is 11.2. The fraction of sp³-hybridized carbons (Fsp3) is 0. The van der Waals surface area contributed by atoms with Gasteiger partial charge in [-0.1, -0.05) is 18.2 Å². The highest BCUT2D eigenvalue weighted by molar-refractivity contribution is 9.11. The summed E-state index contributed by atoms with van der Waals surface area (Å²) in [5.74, 6) is -0.410.